The first-order valence-corrected chi connectivity index (χ1v) is 11.0. The van der Waals surface area contributed by atoms with Crippen LogP contribution >= 0.6 is 0 Å². The molecule has 0 aliphatic heterocycles. The van der Waals surface area contributed by atoms with Crippen LogP contribution in [0.1, 0.15) is 101 Å². The molecule has 0 aliphatic carbocycles. The highest BCUT2D eigenvalue weighted by Crippen LogP contribution is 2.12. The van der Waals surface area contributed by atoms with Crippen molar-refractivity contribution in [2.45, 2.75) is 90.4 Å². The van der Waals surface area contributed by atoms with Crippen LogP contribution in [0.2, 0.25) is 0 Å². The standard InChI is InChI=1S/C22H38N4O2/c1-2-3-4-5-6-7-8-9-10-11-12-13-14-17-24-22(28)26-25-21(27)20-15-18-23-19-16-20/h15-16,18-19H,2-14,17H2,1H3,(H,25,27)(H2,24,26,28). The van der Waals surface area contributed by atoms with Crippen LogP contribution in [0.25, 0.3) is 0 Å². The predicted octanol–water partition coefficient (Wildman–Crippen LogP) is 5.12. The van der Waals surface area contributed by atoms with Gasteiger partial charge in [-0.05, 0) is 18.6 Å². The molecule has 0 saturated heterocycles. The summed E-state index contributed by atoms with van der Waals surface area (Å²) < 4.78 is 0. The van der Waals surface area contributed by atoms with Crippen molar-refractivity contribution in [2.24, 2.45) is 0 Å². The van der Waals surface area contributed by atoms with Crippen molar-refractivity contribution >= 4 is 11.9 Å². The molecule has 3 amide bonds. The summed E-state index contributed by atoms with van der Waals surface area (Å²) in [6, 6.07) is 2.78. The van der Waals surface area contributed by atoms with Crippen LogP contribution in [-0.4, -0.2) is 23.5 Å². The van der Waals surface area contributed by atoms with Gasteiger partial charge in [-0.25, -0.2) is 10.2 Å². The van der Waals surface area contributed by atoms with E-state index in [2.05, 4.69) is 28.1 Å². The van der Waals surface area contributed by atoms with Gasteiger partial charge in [0.2, 0.25) is 0 Å². The van der Waals surface area contributed by atoms with E-state index in [4.69, 9.17) is 0 Å². The van der Waals surface area contributed by atoms with E-state index in [1.165, 1.54) is 83.0 Å². The van der Waals surface area contributed by atoms with Crippen LogP contribution in [0.3, 0.4) is 0 Å². The average molecular weight is 391 g/mol. The summed E-state index contributed by atoms with van der Waals surface area (Å²) in [5.74, 6) is -0.362. The van der Waals surface area contributed by atoms with Crippen molar-refractivity contribution in [3.63, 3.8) is 0 Å². The molecule has 158 valence electrons. The number of aromatic nitrogens is 1. The molecule has 1 aromatic rings. The van der Waals surface area contributed by atoms with Gasteiger partial charge in [0.1, 0.15) is 0 Å². The van der Waals surface area contributed by atoms with Crippen LogP contribution < -0.4 is 16.2 Å². The summed E-state index contributed by atoms with van der Waals surface area (Å²) in [4.78, 5) is 27.3. The minimum absolute atomic E-state index is 0.362. The van der Waals surface area contributed by atoms with Crippen molar-refractivity contribution in [1.82, 2.24) is 21.2 Å². The number of nitrogens with zero attached hydrogens (tertiary/aromatic N) is 1. The number of carbonyl (C=O) groups excluding carboxylic acids is 2. The second kappa shape index (κ2) is 17.0. The number of nitrogens with one attached hydrogen (secondary N) is 3. The molecular formula is C22H38N4O2. The molecule has 0 spiro atoms. The average Bonchev–Trinajstić information content (AvgIpc) is 2.73. The van der Waals surface area contributed by atoms with E-state index >= 15 is 0 Å². The van der Waals surface area contributed by atoms with Gasteiger partial charge < -0.3 is 5.32 Å². The summed E-state index contributed by atoms with van der Waals surface area (Å²) in [7, 11) is 0. The fourth-order valence-corrected chi connectivity index (χ4v) is 3.08. The maximum Gasteiger partial charge on any atom is 0.333 e. The third-order valence-corrected chi connectivity index (χ3v) is 4.80. The minimum Gasteiger partial charge on any atom is -0.337 e. The van der Waals surface area contributed by atoms with Gasteiger partial charge in [-0.15, -0.1) is 0 Å². The molecule has 6 heteroatoms. The van der Waals surface area contributed by atoms with Crippen LogP contribution in [0.15, 0.2) is 24.5 Å². The van der Waals surface area contributed by atoms with E-state index in [-0.39, 0.29) is 11.9 Å². The summed E-state index contributed by atoms with van der Waals surface area (Å²) in [6.07, 6.45) is 20.0. The SMILES string of the molecule is CCCCCCCCCCCCCCCNC(=O)NNC(=O)c1ccncc1. The number of amides is 3. The monoisotopic (exact) mass is 390 g/mol. The minimum atomic E-state index is -0.388. The summed E-state index contributed by atoms with van der Waals surface area (Å²) in [5, 5.41) is 2.75. The molecule has 0 saturated carbocycles. The van der Waals surface area contributed by atoms with Gasteiger partial charge in [0, 0.05) is 24.5 Å². The van der Waals surface area contributed by atoms with E-state index in [1.807, 2.05) is 0 Å². The van der Waals surface area contributed by atoms with Gasteiger partial charge in [0.15, 0.2) is 0 Å². The Morgan fingerprint density at radius 3 is 1.79 bits per heavy atom. The number of pyridine rings is 1. The van der Waals surface area contributed by atoms with Crippen molar-refractivity contribution in [3.05, 3.63) is 30.1 Å². The Kier molecular flexibility index (Phi) is 14.5. The highest BCUT2D eigenvalue weighted by molar-refractivity contribution is 5.95. The number of hydrazine groups is 1. The number of carbonyl (C=O) groups is 2. The number of hydrogen-bond acceptors (Lipinski definition) is 3. The van der Waals surface area contributed by atoms with Crippen molar-refractivity contribution in [1.29, 1.82) is 0 Å². The molecule has 1 aromatic heterocycles. The summed E-state index contributed by atoms with van der Waals surface area (Å²) in [6.45, 7) is 2.88. The third-order valence-electron chi connectivity index (χ3n) is 4.80. The Morgan fingerprint density at radius 2 is 1.25 bits per heavy atom. The molecule has 0 unspecified atom stereocenters. The molecule has 0 aliphatic rings. The highest BCUT2D eigenvalue weighted by atomic mass is 16.2. The van der Waals surface area contributed by atoms with Crippen LogP contribution in [0.5, 0.6) is 0 Å². The molecule has 0 aromatic carbocycles. The summed E-state index contributed by atoms with van der Waals surface area (Å²) in [5.41, 5.74) is 5.18. The zero-order valence-electron chi connectivity index (χ0n) is 17.5. The van der Waals surface area contributed by atoms with E-state index in [1.54, 1.807) is 12.1 Å². The zero-order chi connectivity index (χ0) is 20.3. The van der Waals surface area contributed by atoms with Crippen molar-refractivity contribution in [3.8, 4) is 0 Å². The second-order valence-electron chi connectivity index (χ2n) is 7.31. The molecule has 0 bridgehead atoms. The first-order chi connectivity index (χ1) is 13.7. The van der Waals surface area contributed by atoms with Gasteiger partial charge >= 0.3 is 6.03 Å². The molecule has 3 N–H and O–H groups in total. The Morgan fingerprint density at radius 1 is 0.750 bits per heavy atom. The highest BCUT2D eigenvalue weighted by Gasteiger charge is 2.05. The van der Waals surface area contributed by atoms with E-state index in [0.29, 0.717) is 12.1 Å². The van der Waals surface area contributed by atoms with Gasteiger partial charge in [-0.3, -0.25) is 15.2 Å². The van der Waals surface area contributed by atoms with Gasteiger partial charge in [-0.1, -0.05) is 84.0 Å². The Bertz CT molecular complexity index is 523. The first-order valence-electron chi connectivity index (χ1n) is 11.0. The predicted molar refractivity (Wildman–Crippen MR) is 114 cm³/mol. The quantitative estimate of drug-likeness (QED) is 0.287. The molecular weight excluding hydrogens is 352 g/mol. The third kappa shape index (κ3) is 13.1. The first kappa shape index (κ1) is 23.9. The van der Waals surface area contributed by atoms with Gasteiger partial charge in [-0.2, -0.15) is 0 Å². The molecule has 0 fully saturated rings. The zero-order valence-corrected chi connectivity index (χ0v) is 17.5. The second-order valence-corrected chi connectivity index (χ2v) is 7.31. The van der Waals surface area contributed by atoms with Crippen LogP contribution in [0, 0.1) is 0 Å². The van der Waals surface area contributed by atoms with Gasteiger partial charge in [0.05, 0.1) is 0 Å². The largest absolute Gasteiger partial charge is 0.337 e. The maximum absolute atomic E-state index is 11.8. The Labute approximate surface area is 170 Å². The van der Waals surface area contributed by atoms with E-state index < -0.39 is 0 Å². The molecule has 1 heterocycles. The topological polar surface area (TPSA) is 83.1 Å². The van der Waals surface area contributed by atoms with Crippen molar-refractivity contribution in [2.75, 3.05) is 6.54 Å². The number of hydrogen-bond donors (Lipinski definition) is 3. The van der Waals surface area contributed by atoms with E-state index in [0.717, 1.165) is 12.8 Å². The lowest BCUT2D eigenvalue weighted by atomic mass is 10.0. The fraction of sp³-hybridized carbons (Fsp3) is 0.682. The lowest BCUT2D eigenvalue weighted by Gasteiger charge is -2.09. The van der Waals surface area contributed by atoms with E-state index in [9.17, 15) is 9.59 Å². The number of unbranched alkanes of at least 4 members (excludes halogenated alkanes) is 12. The molecule has 6 nitrogen and oxygen atoms in total. The normalized spacial score (nSPS) is 10.5. The Hall–Kier alpha value is -2.11. The Balaban J connectivity index is 1.84. The molecule has 0 atom stereocenters. The molecule has 28 heavy (non-hydrogen) atoms. The number of rotatable bonds is 15. The fourth-order valence-electron chi connectivity index (χ4n) is 3.08. The maximum atomic E-state index is 11.8. The van der Waals surface area contributed by atoms with Crippen LogP contribution in [0.4, 0.5) is 4.79 Å². The van der Waals surface area contributed by atoms with Crippen molar-refractivity contribution < 1.29 is 9.59 Å². The number of urea groups is 1. The molecule has 0 radical (unpaired) electrons. The lowest BCUT2D eigenvalue weighted by Crippen LogP contribution is -2.47. The molecule has 1 rings (SSSR count). The van der Waals surface area contributed by atoms with Gasteiger partial charge in [0.25, 0.3) is 5.91 Å². The lowest BCUT2D eigenvalue weighted by molar-refractivity contribution is 0.0936. The van der Waals surface area contributed by atoms with Crippen LogP contribution in [-0.2, 0) is 0 Å². The smallest absolute Gasteiger partial charge is 0.333 e. The summed E-state index contributed by atoms with van der Waals surface area (Å²) >= 11 is 0.